The highest BCUT2D eigenvalue weighted by Crippen LogP contribution is 2.28. The Morgan fingerprint density at radius 1 is 1.21 bits per heavy atom. The zero-order valence-corrected chi connectivity index (χ0v) is 18.3. The number of hydrogen-bond acceptors (Lipinski definition) is 5. The lowest BCUT2D eigenvalue weighted by Crippen LogP contribution is -2.48. The van der Waals surface area contributed by atoms with Gasteiger partial charge in [0, 0.05) is 29.1 Å². The van der Waals surface area contributed by atoms with Crippen LogP contribution in [0.4, 0.5) is 0 Å². The number of amides is 1. The van der Waals surface area contributed by atoms with Crippen LogP contribution in [0.3, 0.4) is 0 Å². The molecular weight excluding hydrogens is 417 g/mol. The van der Waals surface area contributed by atoms with Gasteiger partial charge in [-0.25, -0.2) is 4.98 Å². The molecule has 2 unspecified atom stereocenters. The number of thiazole rings is 1. The topological polar surface area (TPSA) is 63.2 Å². The molecular formula is C20H27Cl2N3O2S. The number of ether oxygens (including phenoxy) is 1. The average molecular weight is 444 g/mol. The third kappa shape index (κ3) is 5.60. The van der Waals surface area contributed by atoms with Gasteiger partial charge in [0.25, 0.3) is 0 Å². The van der Waals surface area contributed by atoms with Crippen molar-refractivity contribution in [2.45, 2.75) is 57.2 Å². The highest BCUT2D eigenvalue weighted by molar-refractivity contribution is 7.13. The lowest BCUT2D eigenvalue weighted by Gasteiger charge is -2.29. The minimum Gasteiger partial charge on any atom is -0.494 e. The molecule has 4 rings (SSSR count). The molecule has 1 aromatic carbocycles. The molecule has 2 aliphatic rings. The Morgan fingerprint density at radius 3 is 2.54 bits per heavy atom. The maximum atomic E-state index is 12.4. The molecule has 0 spiro atoms. The maximum Gasteiger partial charge on any atom is 0.226 e. The summed E-state index contributed by atoms with van der Waals surface area (Å²) < 4.78 is 5.47. The van der Waals surface area contributed by atoms with E-state index in [4.69, 9.17) is 4.74 Å². The zero-order valence-electron chi connectivity index (χ0n) is 15.8. The first-order chi connectivity index (χ1) is 12.7. The van der Waals surface area contributed by atoms with Gasteiger partial charge in [0.1, 0.15) is 10.8 Å². The molecule has 1 amide bonds. The Balaban J connectivity index is 0.00000140. The van der Waals surface area contributed by atoms with Gasteiger partial charge in [0.05, 0.1) is 18.7 Å². The van der Waals surface area contributed by atoms with E-state index in [9.17, 15) is 4.79 Å². The quantitative estimate of drug-likeness (QED) is 0.707. The van der Waals surface area contributed by atoms with Crippen molar-refractivity contribution in [1.29, 1.82) is 0 Å². The lowest BCUT2D eigenvalue weighted by molar-refractivity contribution is -0.121. The second-order valence-electron chi connectivity index (χ2n) is 7.15. The summed E-state index contributed by atoms with van der Waals surface area (Å²) in [4.78, 5) is 17.0. The van der Waals surface area contributed by atoms with Crippen molar-refractivity contribution in [1.82, 2.24) is 15.6 Å². The van der Waals surface area contributed by atoms with E-state index >= 15 is 0 Å². The van der Waals surface area contributed by atoms with Gasteiger partial charge in [-0.05, 0) is 56.9 Å². The van der Waals surface area contributed by atoms with Crippen LogP contribution in [0, 0.1) is 0 Å². The summed E-state index contributed by atoms with van der Waals surface area (Å²) in [5, 5.41) is 9.74. The summed E-state index contributed by atoms with van der Waals surface area (Å²) in [7, 11) is 0. The summed E-state index contributed by atoms with van der Waals surface area (Å²) in [5.74, 6) is 0.947. The van der Waals surface area contributed by atoms with Gasteiger partial charge in [-0.2, -0.15) is 0 Å². The zero-order chi connectivity index (χ0) is 17.9. The highest BCUT2D eigenvalue weighted by Gasteiger charge is 2.33. The van der Waals surface area contributed by atoms with E-state index in [1.165, 1.54) is 12.8 Å². The third-order valence-electron chi connectivity index (χ3n) is 5.14. The van der Waals surface area contributed by atoms with E-state index in [0.29, 0.717) is 31.2 Å². The predicted octanol–water partition coefficient (Wildman–Crippen LogP) is 3.99. The van der Waals surface area contributed by atoms with Crippen LogP contribution >= 0.6 is 36.2 Å². The molecule has 2 fully saturated rings. The van der Waals surface area contributed by atoms with E-state index in [1.807, 2.05) is 36.6 Å². The molecule has 2 aliphatic heterocycles. The Bertz CT molecular complexity index is 757. The van der Waals surface area contributed by atoms with Crippen molar-refractivity contribution in [2.75, 3.05) is 6.61 Å². The van der Waals surface area contributed by atoms with E-state index < -0.39 is 0 Å². The normalized spacial score (nSPS) is 22.7. The van der Waals surface area contributed by atoms with Gasteiger partial charge in [0.2, 0.25) is 5.91 Å². The number of aromatic nitrogens is 1. The van der Waals surface area contributed by atoms with Crippen molar-refractivity contribution < 1.29 is 9.53 Å². The number of piperidine rings is 1. The molecule has 3 heterocycles. The fraction of sp³-hybridized carbons (Fsp3) is 0.500. The molecule has 5 nitrogen and oxygen atoms in total. The number of fused-ring (bicyclic) bond motifs is 2. The van der Waals surface area contributed by atoms with Crippen molar-refractivity contribution in [2.24, 2.45) is 0 Å². The summed E-state index contributed by atoms with van der Waals surface area (Å²) in [6, 6.07) is 9.42. The number of rotatable bonds is 6. The van der Waals surface area contributed by atoms with Crippen molar-refractivity contribution in [3.63, 3.8) is 0 Å². The first-order valence-electron chi connectivity index (χ1n) is 9.42. The van der Waals surface area contributed by atoms with Crippen LogP contribution in [0.25, 0.3) is 10.6 Å². The first kappa shape index (κ1) is 22.9. The Labute approximate surface area is 182 Å². The smallest absolute Gasteiger partial charge is 0.226 e. The molecule has 0 aliphatic carbocycles. The van der Waals surface area contributed by atoms with Crippen molar-refractivity contribution in [3.8, 4) is 16.3 Å². The monoisotopic (exact) mass is 443 g/mol. The standard InChI is InChI=1S/C20H25N3O2S.2ClH/c1-2-25-18-7-3-13(4-8-18)20-23-17(12-26-20)11-19(24)22-16-9-14-5-6-15(10-16)21-14;;/h3-4,7-8,12,14-16,21H,2,5-6,9-11H2,1H3,(H,22,24);2*1H. The summed E-state index contributed by atoms with van der Waals surface area (Å²) in [6.07, 6.45) is 4.95. The van der Waals surface area contributed by atoms with Gasteiger partial charge in [-0.15, -0.1) is 36.2 Å². The fourth-order valence-corrected chi connectivity index (χ4v) is 4.83. The lowest BCUT2D eigenvalue weighted by atomic mass is 9.99. The number of benzene rings is 1. The molecule has 2 saturated heterocycles. The van der Waals surface area contributed by atoms with Gasteiger partial charge in [-0.3, -0.25) is 4.79 Å². The van der Waals surface area contributed by atoms with Gasteiger partial charge in [0.15, 0.2) is 0 Å². The van der Waals surface area contributed by atoms with Gasteiger partial charge >= 0.3 is 0 Å². The number of carbonyl (C=O) groups excluding carboxylic acids is 1. The van der Waals surface area contributed by atoms with Crippen LogP contribution in [-0.4, -0.2) is 35.6 Å². The summed E-state index contributed by atoms with van der Waals surface area (Å²) in [6.45, 7) is 2.63. The summed E-state index contributed by atoms with van der Waals surface area (Å²) in [5.41, 5.74) is 1.90. The van der Waals surface area contributed by atoms with Gasteiger partial charge in [-0.1, -0.05) is 0 Å². The van der Waals surface area contributed by atoms with Crippen LogP contribution in [0.5, 0.6) is 5.75 Å². The molecule has 28 heavy (non-hydrogen) atoms. The molecule has 2 bridgehead atoms. The second-order valence-corrected chi connectivity index (χ2v) is 8.01. The molecule has 0 radical (unpaired) electrons. The van der Waals surface area contributed by atoms with E-state index in [0.717, 1.165) is 34.9 Å². The highest BCUT2D eigenvalue weighted by atomic mass is 35.5. The van der Waals surface area contributed by atoms with Crippen molar-refractivity contribution in [3.05, 3.63) is 35.3 Å². The SMILES string of the molecule is CCOc1ccc(-c2nc(CC(=O)NC3CC4CCC(C3)N4)cs2)cc1.Cl.Cl. The van der Waals surface area contributed by atoms with E-state index in [-0.39, 0.29) is 30.7 Å². The minimum absolute atomic E-state index is 0. The van der Waals surface area contributed by atoms with Crippen molar-refractivity contribution >= 4 is 42.1 Å². The average Bonchev–Trinajstić information content (AvgIpc) is 3.22. The van der Waals surface area contributed by atoms with E-state index in [2.05, 4.69) is 15.6 Å². The van der Waals surface area contributed by atoms with Crippen LogP contribution < -0.4 is 15.4 Å². The number of nitrogens with one attached hydrogen (secondary N) is 2. The molecule has 2 N–H and O–H groups in total. The number of halogens is 2. The third-order valence-corrected chi connectivity index (χ3v) is 6.08. The molecule has 0 saturated carbocycles. The minimum atomic E-state index is 0. The Hall–Kier alpha value is -1.34. The molecule has 154 valence electrons. The van der Waals surface area contributed by atoms with Crippen LogP contribution in [0.1, 0.15) is 38.3 Å². The fourth-order valence-electron chi connectivity index (χ4n) is 4.00. The molecule has 1 aromatic heterocycles. The number of hydrogen-bond donors (Lipinski definition) is 2. The Kier molecular flexibility index (Phi) is 8.56. The molecule has 8 heteroatoms. The largest absolute Gasteiger partial charge is 0.494 e. The Morgan fingerprint density at radius 2 is 1.89 bits per heavy atom. The molecule has 2 aromatic rings. The van der Waals surface area contributed by atoms with Crippen LogP contribution in [0.15, 0.2) is 29.6 Å². The number of nitrogens with zero attached hydrogens (tertiary/aromatic N) is 1. The maximum absolute atomic E-state index is 12.4. The summed E-state index contributed by atoms with van der Waals surface area (Å²) >= 11 is 1.58. The second kappa shape index (κ2) is 10.4. The number of carbonyl (C=O) groups is 1. The van der Waals surface area contributed by atoms with Gasteiger partial charge < -0.3 is 15.4 Å². The molecule has 2 atom stereocenters. The predicted molar refractivity (Wildman–Crippen MR) is 118 cm³/mol. The van der Waals surface area contributed by atoms with Crippen LogP contribution in [0.2, 0.25) is 0 Å². The van der Waals surface area contributed by atoms with Crippen LogP contribution in [-0.2, 0) is 11.2 Å². The van der Waals surface area contributed by atoms with E-state index in [1.54, 1.807) is 11.3 Å². The first-order valence-corrected chi connectivity index (χ1v) is 10.3.